The van der Waals surface area contributed by atoms with Crippen molar-refractivity contribution in [2.24, 2.45) is 4.99 Å². The molecule has 1 N–H and O–H groups in total. The Morgan fingerprint density at radius 3 is 2.44 bits per heavy atom. The van der Waals surface area contributed by atoms with Crippen molar-refractivity contribution in [3.63, 3.8) is 0 Å². The van der Waals surface area contributed by atoms with Crippen molar-refractivity contribution in [2.75, 3.05) is 0 Å². The van der Waals surface area contributed by atoms with E-state index in [1.54, 1.807) is 30.0 Å². The number of fused-ring (bicyclic) bond motifs is 1. The molecule has 4 heteroatoms. The lowest BCUT2D eigenvalue weighted by Gasteiger charge is -2.16. The number of benzene rings is 3. The molecule has 1 heterocycles. The van der Waals surface area contributed by atoms with Gasteiger partial charge in [0, 0.05) is 27.8 Å². The maximum absolute atomic E-state index is 14.4. The number of nitrogens with zero attached hydrogens (tertiary/aromatic N) is 1. The molecule has 0 fully saturated rings. The summed E-state index contributed by atoms with van der Waals surface area (Å²) < 4.78 is 14.4. The highest BCUT2D eigenvalue weighted by Crippen LogP contribution is 2.46. The molecule has 1 unspecified atom stereocenters. The van der Waals surface area contributed by atoms with Crippen molar-refractivity contribution >= 4 is 23.2 Å². The van der Waals surface area contributed by atoms with Crippen LogP contribution in [0.15, 0.2) is 82.7 Å². The summed E-state index contributed by atoms with van der Waals surface area (Å²) in [6.45, 7) is 0. The molecule has 0 radical (unpaired) electrons. The molecular formula is C21H16FNOS. The van der Waals surface area contributed by atoms with Gasteiger partial charge in [0.25, 0.3) is 0 Å². The molecule has 0 saturated carbocycles. The van der Waals surface area contributed by atoms with E-state index in [1.165, 1.54) is 6.07 Å². The summed E-state index contributed by atoms with van der Waals surface area (Å²) in [5.41, 5.74) is 3.42. The van der Waals surface area contributed by atoms with Gasteiger partial charge < -0.3 is 5.11 Å². The normalized spacial score (nSPS) is 16.7. The van der Waals surface area contributed by atoms with Crippen LogP contribution in [0.4, 0.5) is 10.1 Å². The van der Waals surface area contributed by atoms with Gasteiger partial charge in [-0.25, -0.2) is 4.39 Å². The van der Waals surface area contributed by atoms with Crippen LogP contribution < -0.4 is 0 Å². The highest BCUT2D eigenvalue weighted by molar-refractivity contribution is 7.99. The van der Waals surface area contributed by atoms with E-state index >= 15 is 0 Å². The molecule has 0 spiro atoms. The van der Waals surface area contributed by atoms with Crippen LogP contribution in [0, 0.1) is 5.82 Å². The molecule has 0 amide bonds. The highest BCUT2D eigenvalue weighted by Gasteiger charge is 2.24. The number of halogens is 1. The molecule has 124 valence electrons. The number of thioether (sulfide) groups is 1. The number of phenolic OH excluding ortho intramolecular Hbond substituents is 1. The van der Waals surface area contributed by atoms with Crippen LogP contribution in [0.25, 0.3) is 0 Å². The minimum Gasteiger partial charge on any atom is -0.508 e. The molecule has 0 aromatic heterocycles. The van der Waals surface area contributed by atoms with Crippen molar-refractivity contribution < 1.29 is 9.50 Å². The lowest BCUT2D eigenvalue weighted by Crippen LogP contribution is -2.06. The van der Waals surface area contributed by atoms with Crippen molar-refractivity contribution in [3.8, 4) is 5.75 Å². The fraction of sp³-hybridized carbons (Fsp3) is 0.0952. The summed E-state index contributed by atoms with van der Waals surface area (Å²) in [6, 6.07) is 21.9. The summed E-state index contributed by atoms with van der Waals surface area (Å²) in [5, 5.41) is 9.48. The highest BCUT2D eigenvalue weighted by atomic mass is 32.2. The monoisotopic (exact) mass is 349 g/mol. The van der Waals surface area contributed by atoms with Crippen molar-refractivity contribution in [1.82, 2.24) is 0 Å². The Bertz CT molecular complexity index is 937. The standard InChI is InChI=1S/C21H16FNOS/c22-17-6-2-1-5-16(17)21-13-19(14-9-11-15(24)12-10-14)23-18-7-3-4-8-20(18)25-21/h1-12,21,24H,13H2. The van der Waals surface area contributed by atoms with E-state index in [-0.39, 0.29) is 16.8 Å². The van der Waals surface area contributed by atoms with Crippen molar-refractivity contribution in [2.45, 2.75) is 16.6 Å². The predicted octanol–water partition coefficient (Wildman–Crippen LogP) is 5.89. The Morgan fingerprint density at radius 2 is 1.64 bits per heavy atom. The average Bonchev–Trinajstić information content (AvgIpc) is 2.82. The molecule has 1 atom stereocenters. The first-order chi connectivity index (χ1) is 12.2. The summed E-state index contributed by atoms with van der Waals surface area (Å²) in [7, 11) is 0. The molecule has 2 nitrogen and oxygen atoms in total. The van der Waals surface area contributed by atoms with Crippen molar-refractivity contribution in [1.29, 1.82) is 0 Å². The molecule has 3 aromatic rings. The SMILES string of the molecule is Oc1ccc(C2=Nc3ccccc3SC(c3ccccc3F)C2)cc1. The average molecular weight is 349 g/mol. The predicted molar refractivity (Wildman–Crippen MR) is 100 cm³/mol. The summed E-state index contributed by atoms with van der Waals surface area (Å²) in [4.78, 5) is 5.88. The maximum atomic E-state index is 14.4. The second kappa shape index (κ2) is 6.73. The van der Waals surface area contributed by atoms with Gasteiger partial charge >= 0.3 is 0 Å². The Hall–Kier alpha value is -2.59. The number of hydrogen-bond donors (Lipinski definition) is 1. The number of aromatic hydroxyl groups is 1. The summed E-state index contributed by atoms with van der Waals surface area (Å²) in [5.74, 6) is 0.0304. The van der Waals surface area contributed by atoms with E-state index < -0.39 is 0 Å². The molecule has 3 aromatic carbocycles. The number of phenols is 1. The Labute approximate surface area is 150 Å². The smallest absolute Gasteiger partial charge is 0.127 e. The van der Waals surface area contributed by atoms with Gasteiger partial charge in [0.05, 0.1) is 5.69 Å². The van der Waals surface area contributed by atoms with Gasteiger partial charge in [0.2, 0.25) is 0 Å². The first kappa shape index (κ1) is 15.9. The molecule has 4 rings (SSSR count). The van der Waals surface area contributed by atoms with Crippen LogP contribution in [-0.2, 0) is 0 Å². The quantitative estimate of drug-likeness (QED) is 0.626. The maximum Gasteiger partial charge on any atom is 0.127 e. The zero-order chi connectivity index (χ0) is 17.2. The van der Waals surface area contributed by atoms with Gasteiger partial charge in [-0.2, -0.15) is 0 Å². The zero-order valence-corrected chi connectivity index (χ0v) is 14.2. The van der Waals surface area contributed by atoms with Gasteiger partial charge in [-0.15, -0.1) is 11.8 Å². The van der Waals surface area contributed by atoms with Crippen LogP contribution in [0.5, 0.6) is 5.75 Å². The second-order valence-electron chi connectivity index (χ2n) is 5.91. The first-order valence-electron chi connectivity index (χ1n) is 8.08. The molecule has 1 aliphatic rings. The van der Waals surface area contributed by atoms with Gasteiger partial charge in [-0.05, 0) is 48.0 Å². The van der Waals surface area contributed by atoms with Crippen LogP contribution >= 0.6 is 11.8 Å². The minimum atomic E-state index is -0.190. The van der Waals surface area contributed by atoms with Crippen molar-refractivity contribution in [3.05, 3.63) is 89.7 Å². The van der Waals surface area contributed by atoms with Crippen LogP contribution in [0.1, 0.15) is 22.8 Å². The number of hydrogen-bond acceptors (Lipinski definition) is 3. The van der Waals surface area contributed by atoms with E-state index in [2.05, 4.69) is 0 Å². The number of aliphatic imine (C=N–C) groups is 1. The molecule has 1 aliphatic heterocycles. The van der Waals surface area contributed by atoms with E-state index in [1.807, 2.05) is 48.5 Å². The van der Waals surface area contributed by atoms with Crippen LogP contribution in [0.2, 0.25) is 0 Å². The van der Waals surface area contributed by atoms with E-state index in [0.29, 0.717) is 12.0 Å². The Morgan fingerprint density at radius 1 is 0.920 bits per heavy atom. The fourth-order valence-electron chi connectivity index (χ4n) is 2.96. The van der Waals surface area contributed by atoms with Gasteiger partial charge in [0.1, 0.15) is 11.6 Å². The third kappa shape index (κ3) is 3.30. The third-order valence-corrected chi connectivity index (χ3v) is 5.53. The number of rotatable bonds is 2. The lowest BCUT2D eigenvalue weighted by molar-refractivity contribution is 0.475. The molecule has 25 heavy (non-hydrogen) atoms. The number of para-hydroxylation sites is 1. The van der Waals surface area contributed by atoms with E-state index in [0.717, 1.165) is 21.9 Å². The Kier molecular flexibility index (Phi) is 4.28. The van der Waals surface area contributed by atoms with Gasteiger partial charge in [-0.3, -0.25) is 4.99 Å². The van der Waals surface area contributed by atoms with Gasteiger partial charge in [-0.1, -0.05) is 30.3 Å². The molecule has 0 saturated heterocycles. The van der Waals surface area contributed by atoms with Crippen LogP contribution in [-0.4, -0.2) is 10.8 Å². The Balaban J connectivity index is 1.82. The third-order valence-electron chi connectivity index (χ3n) is 4.22. The summed E-state index contributed by atoms with van der Waals surface area (Å²) >= 11 is 1.64. The fourth-order valence-corrected chi connectivity index (χ4v) is 4.21. The first-order valence-corrected chi connectivity index (χ1v) is 8.96. The largest absolute Gasteiger partial charge is 0.508 e. The lowest BCUT2D eigenvalue weighted by atomic mass is 10.0. The second-order valence-corrected chi connectivity index (χ2v) is 7.15. The minimum absolute atomic E-state index is 0.0580. The van der Waals surface area contributed by atoms with Crippen LogP contribution in [0.3, 0.4) is 0 Å². The van der Waals surface area contributed by atoms with E-state index in [4.69, 9.17) is 4.99 Å². The van der Waals surface area contributed by atoms with E-state index in [9.17, 15) is 9.50 Å². The topological polar surface area (TPSA) is 32.6 Å². The molecular weight excluding hydrogens is 333 g/mol. The summed E-state index contributed by atoms with van der Waals surface area (Å²) in [6.07, 6.45) is 0.616. The molecule has 0 bridgehead atoms. The molecule has 0 aliphatic carbocycles. The van der Waals surface area contributed by atoms with Gasteiger partial charge in [0.15, 0.2) is 0 Å². The zero-order valence-electron chi connectivity index (χ0n) is 13.4.